The molecule has 0 bridgehead atoms. The first kappa shape index (κ1) is 8.52. The summed E-state index contributed by atoms with van der Waals surface area (Å²) in [6.07, 6.45) is 4.96. The maximum absolute atomic E-state index is 10.5. The molecule has 6 nitrogen and oxygen atoms in total. The molecule has 1 aromatic heterocycles. The third kappa shape index (κ3) is 1.99. The van der Waals surface area contributed by atoms with Gasteiger partial charge in [0.1, 0.15) is 5.82 Å². The Morgan fingerprint density at radius 3 is 2.85 bits per heavy atom. The molecule has 1 aliphatic carbocycles. The molecule has 1 fully saturated rings. The lowest BCUT2D eigenvalue weighted by molar-refractivity contribution is 0.489. The Morgan fingerprint density at radius 2 is 2.31 bits per heavy atom. The highest BCUT2D eigenvalue weighted by Gasteiger charge is 2.26. The minimum Gasteiger partial charge on any atom is -0.314 e. The topological polar surface area (TPSA) is 84.2 Å². The summed E-state index contributed by atoms with van der Waals surface area (Å²) in [6.45, 7) is 0. The number of nitrogens with zero attached hydrogens (tertiary/aromatic N) is 2. The van der Waals surface area contributed by atoms with Crippen LogP contribution in [0, 0.1) is 0 Å². The van der Waals surface area contributed by atoms with Gasteiger partial charge >= 0.3 is 10.3 Å². The molecule has 13 heavy (non-hydrogen) atoms. The molecule has 2 N–H and O–H groups in total. The summed E-state index contributed by atoms with van der Waals surface area (Å²) in [5, 5.41) is 0. The monoisotopic (exact) mass is 203 g/mol. The van der Waals surface area contributed by atoms with Crippen LogP contribution in [-0.4, -0.2) is 22.5 Å². The fourth-order valence-electron chi connectivity index (χ4n) is 1.16. The smallest absolute Gasteiger partial charge is 0.314 e. The van der Waals surface area contributed by atoms with Crippen LogP contribution in [-0.2, 0) is 10.3 Å². The van der Waals surface area contributed by atoms with Crippen LogP contribution in [0.5, 0.6) is 0 Å². The molecule has 0 amide bonds. The van der Waals surface area contributed by atoms with Crippen molar-refractivity contribution >= 4 is 16.1 Å². The van der Waals surface area contributed by atoms with Crippen molar-refractivity contribution in [3.63, 3.8) is 0 Å². The van der Waals surface area contributed by atoms with E-state index < -0.39 is 10.3 Å². The van der Waals surface area contributed by atoms with E-state index in [1.165, 1.54) is 6.20 Å². The fourth-order valence-corrected chi connectivity index (χ4v) is 1.58. The second-order valence-electron chi connectivity index (χ2n) is 2.99. The molecule has 1 aliphatic rings. The van der Waals surface area contributed by atoms with Crippen LogP contribution >= 0.6 is 0 Å². The predicted octanol–water partition coefficient (Wildman–Crippen LogP) is 0.433. The van der Waals surface area contributed by atoms with Crippen LogP contribution in [0.4, 0.5) is 5.82 Å². The third-order valence-corrected chi connectivity index (χ3v) is 2.31. The Morgan fingerprint density at radius 1 is 1.62 bits per heavy atom. The molecule has 7 heteroatoms. The van der Waals surface area contributed by atoms with Crippen molar-refractivity contribution in [1.29, 1.82) is 0 Å². The lowest BCUT2D eigenvalue weighted by atomic mass is 10.6. The predicted molar refractivity (Wildman–Crippen MR) is 45.7 cm³/mol. The van der Waals surface area contributed by atoms with Crippen molar-refractivity contribution < 1.29 is 13.0 Å². The maximum Gasteiger partial charge on any atom is 0.358 e. The summed E-state index contributed by atoms with van der Waals surface area (Å²) in [7, 11) is -4.19. The third-order valence-electron chi connectivity index (χ3n) is 1.84. The lowest BCUT2D eigenvalue weighted by Crippen LogP contribution is -2.13. The van der Waals surface area contributed by atoms with E-state index in [2.05, 4.69) is 4.98 Å². The highest BCUT2D eigenvalue weighted by Crippen LogP contribution is 2.37. The number of aromatic nitrogens is 2. The van der Waals surface area contributed by atoms with Gasteiger partial charge in [0.05, 0.1) is 12.5 Å². The molecule has 0 aromatic carbocycles. The molecule has 0 atom stereocenters. The zero-order valence-electron chi connectivity index (χ0n) is 6.71. The van der Waals surface area contributed by atoms with Crippen molar-refractivity contribution in [2.75, 3.05) is 4.72 Å². The molecule has 2 rings (SSSR count). The van der Waals surface area contributed by atoms with Gasteiger partial charge in [0.25, 0.3) is 0 Å². The van der Waals surface area contributed by atoms with Gasteiger partial charge < -0.3 is 4.57 Å². The van der Waals surface area contributed by atoms with Gasteiger partial charge in [-0.3, -0.25) is 4.55 Å². The largest absolute Gasteiger partial charge is 0.358 e. The van der Waals surface area contributed by atoms with Crippen LogP contribution in [0.25, 0.3) is 0 Å². The number of imidazole rings is 1. The molecule has 1 saturated carbocycles. The zero-order valence-corrected chi connectivity index (χ0v) is 7.53. The first-order valence-corrected chi connectivity index (χ1v) is 5.27. The first-order valence-electron chi connectivity index (χ1n) is 3.83. The van der Waals surface area contributed by atoms with E-state index in [0.29, 0.717) is 11.9 Å². The fraction of sp³-hybridized carbons (Fsp3) is 0.500. The van der Waals surface area contributed by atoms with Gasteiger partial charge in [-0.1, -0.05) is 0 Å². The van der Waals surface area contributed by atoms with Crippen LogP contribution in [0.3, 0.4) is 0 Å². The minimum atomic E-state index is -4.19. The Kier molecular flexibility index (Phi) is 1.77. The standard InChI is InChI=1S/C6H9N3O3S/c10-13(11,12)8-6-3-7-4-9(6)5-1-2-5/h3-5,8H,1-2H2,(H,10,11,12). The van der Waals surface area contributed by atoms with E-state index in [0.717, 1.165) is 12.8 Å². The Labute approximate surface area is 75.5 Å². The Hall–Kier alpha value is -1.08. The van der Waals surface area contributed by atoms with Gasteiger partial charge in [-0.25, -0.2) is 9.71 Å². The molecular formula is C6H9N3O3S. The maximum atomic E-state index is 10.5. The van der Waals surface area contributed by atoms with Crippen molar-refractivity contribution in [3.05, 3.63) is 12.5 Å². The van der Waals surface area contributed by atoms with Crippen LogP contribution in [0.15, 0.2) is 12.5 Å². The number of hydrogen-bond donors (Lipinski definition) is 2. The van der Waals surface area contributed by atoms with Crippen molar-refractivity contribution in [3.8, 4) is 0 Å². The molecule has 0 aliphatic heterocycles. The molecule has 0 saturated heterocycles. The van der Waals surface area contributed by atoms with E-state index in [-0.39, 0.29) is 0 Å². The molecule has 0 unspecified atom stereocenters. The van der Waals surface area contributed by atoms with Gasteiger partial charge in [-0.05, 0) is 12.8 Å². The number of hydrogen-bond acceptors (Lipinski definition) is 3. The van der Waals surface area contributed by atoms with Gasteiger partial charge in [0.15, 0.2) is 0 Å². The lowest BCUT2D eigenvalue weighted by Gasteiger charge is -2.05. The minimum absolute atomic E-state index is 0.310. The highest BCUT2D eigenvalue weighted by molar-refractivity contribution is 7.87. The summed E-state index contributed by atoms with van der Waals surface area (Å²) < 4.78 is 33.2. The second kappa shape index (κ2) is 2.71. The van der Waals surface area contributed by atoms with Crippen LogP contribution in [0.2, 0.25) is 0 Å². The first-order chi connectivity index (χ1) is 6.06. The summed E-state index contributed by atoms with van der Waals surface area (Å²) in [6, 6.07) is 0.326. The Balaban J connectivity index is 2.24. The quantitative estimate of drug-likeness (QED) is 0.698. The summed E-state index contributed by atoms with van der Waals surface area (Å²) >= 11 is 0. The van der Waals surface area contributed by atoms with E-state index in [1.807, 2.05) is 4.72 Å². The molecule has 72 valence electrons. The average Bonchev–Trinajstić information content (AvgIpc) is 2.72. The van der Waals surface area contributed by atoms with Crippen LogP contribution < -0.4 is 4.72 Å². The van der Waals surface area contributed by atoms with E-state index >= 15 is 0 Å². The SMILES string of the molecule is O=S(=O)(O)Nc1cncn1C1CC1. The van der Waals surface area contributed by atoms with Crippen molar-refractivity contribution in [2.24, 2.45) is 0 Å². The molecule has 0 radical (unpaired) electrons. The summed E-state index contributed by atoms with van der Waals surface area (Å²) in [5.41, 5.74) is 0. The van der Waals surface area contributed by atoms with Gasteiger partial charge in [-0.2, -0.15) is 8.42 Å². The summed E-state index contributed by atoms with van der Waals surface area (Å²) in [5.74, 6) is 0.310. The second-order valence-corrected chi connectivity index (χ2v) is 4.15. The number of rotatable bonds is 3. The van der Waals surface area contributed by atoms with Gasteiger partial charge in [-0.15, -0.1) is 0 Å². The van der Waals surface area contributed by atoms with E-state index in [1.54, 1.807) is 10.9 Å². The van der Waals surface area contributed by atoms with Crippen molar-refractivity contribution in [2.45, 2.75) is 18.9 Å². The zero-order chi connectivity index (χ0) is 9.47. The summed E-state index contributed by atoms with van der Waals surface area (Å²) in [4.78, 5) is 3.79. The number of nitrogens with one attached hydrogen (secondary N) is 1. The van der Waals surface area contributed by atoms with E-state index in [4.69, 9.17) is 4.55 Å². The normalized spacial score (nSPS) is 17.3. The molecular weight excluding hydrogens is 194 g/mol. The molecule has 1 aromatic rings. The van der Waals surface area contributed by atoms with Crippen molar-refractivity contribution in [1.82, 2.24) is 9.55 Å². The molecule has 1 heterocycles. The van der Waals surface area contributed by atoms with Gasteiger partial charge in [0, 0.05) is 6.04 Å². The van der Waals surface area contributed by atoms with Gasteiger partial charge in [0.2, 0.25) is 0 Å². The highest BCUT2D eigenvalue weighted by atomic mass is 32.2. The van der Waals surface area contributed by atoms with E-state index in [9.17, 15) is 8.42 Å². The van der Waals surface area contributed by atoms with Crippen LogP contribution in [0.1, 0.15) is 18.9 Å². The molecule has 0 spiro atoms. The Bertz CT molecular complexity index is 407. The number of anilines is 1. The average molecular weight is 203 g/mol.